The van der Waals surface area contributed by atoms with Gasteiger partial charge in [0, 0.05) is 19.1 Å². The number of carbonyl (C=O) groups excluding carboxylic acids is 2. The maximum absolute atomic E-state index is 13.2. The van der Waals surface area contributed by atoms with E-state index in [2.05, 4.69) is 15.0 Å². The third kappa shape index (κ3) is 9.17. The van der Waals surface area contributed by atoms with E-state index >= 15 is 0 Å². The van der Waals surface area contributed by atoms with E-state index in [-0.39, 0.29) is 43.3 Å². The molecule has 0 saturated carbocycles. The van der Waals surface area contributed by atoms with Crippen molar-refractivity contribution in [2.24, 2.45) is 16.7 Å². The number of anilines is 1. The van der Waals surface area contributed by atoms with E-state index < -0.39 is 55.7 Å². The van der Waals surface area contributed by atoms with Crippen molar-refractivity contribution in [1.29, 1.82) is 0 Å². The first-order valence-electron chi connectivity index (χ1n) is 11.8. The molecule has 0 aliphatic heterocycles. The summed E-state index contributed by atoms with van der Waals surface area (Å²) >= 11 is 0. The number of imidazole rings is 1. The number of aromatic amines is 1. The second-order valence-corrected chi connectivity index (χ2v) is 12.2. The van der Waals surface area contributed by atoms with Crippen molar-refractivity contribution < 1.29 is 42.3 Å². The summed E-state index contributed by atoms with van der Waals surface area (Å²) in [7, 11) is -4.40. The number of hydrogen-bond donors (Lipinski definition) is 3. The zero-order valence-corrected chi connectivity index (χ0v) is 23.3. The predicted octanol–water partition coefficient (Wildman–Crippen LogP) is 1.95. The van der Waals surface area contributed by atoms with E-state index in [1.807, 2.05) is 0 Å². The van der Waals surface area contributed by atoms with Crippen molar-refractivity contribution in [3.05, 3.63) is 16.7 Å². The lowest BCUT2D eigenvalue weighted by Crippen LogP contribution is -2.25. The molecule has 0 fully saturated rings. The van der Waals surface area contributed by atoms with Crippen LogP contribution in [0.15, 0.2) is 11.1 Å². The molecule has 0 aliphatic carbocycles. The number of phosphoric acid groups is 1. The van der Waals surface area contributed by atoms with E-state index in [1.54, 1.807) is 46.1 Å². The fourth-order valence-electron chi connectivity index (χ4n) is 2.71. The Kier molecular flexibility index (Phi) is 10.6. The first-order valence-corrected chi connectivity index (χ1v) is 13.2. The van der Waals surface area contributed by atoms with Crippen molar-refractivity contribution in [1.82, 2.24) is 19.5 Å². The molecule has 38 heavy (non-hydrogen) atoms. The van der Waals surface area contributed by atoms with Crippen molar-refractivity contribution in [2.45, 2.75) is 54.5 Å². The Bertz CT molecular complexity index is 1180. The molecular formula is C22H36N5O10P. The number of nitrogens with two attached hydrogens (primary N) is 1. The smallest absolute Gasteiger partial charge is 0.437 e. The number of nitrogen functional groups attached to an aromatic ring is 1. The van der Waals surface area contributed by atoms with Gasteiger partial charge < -0.3 is 24.9 Å². The number of esters is 2. The normalized spacial score (nSPS) is 13.4. The maximum atomic E-state index is 13.2. The Balaban J connectivity index is 2.03. The Morgan fingerprint density at radius 1 is 1.08 bits per heavy atom. The number of nitrogens with one attached hydrogen (secondary N) is 1. The number of aromatic nitrogens is 4. The molecule has 2 aromatic heterocycles. The molecule has 0 aliphatic rings. The summed E-state index contributed by atoms with van der Waals surface area (Å²) in [6.45, 7) is 7.89. The quantitative estimate of drug-likeness (QED) is 0.182. The first kappa shape index (κ1) is 31.4. The van der Waals surface area contributed by atoms with Crippen LogP contribution in [-0.2, 0) is 43.7 Å². The molecule has 214 valence electrons. The zero-order valence-electron chi connectivity index (χ0n) is 22.4. The van der Waals surface area contributed by atoms with Crippen LogP contribution < -0.4 is 11.3 Å². The van der Waals surface area contributed by atoms with E-state index in [0.29, 0.717) is 0 Å². The molecule has 4 N–H and O–H groups in total. The Morgan fingerprint density at radius 3 is 2.13 bits per heavy atom. The van der Waals surface area contributed by atoms with Crippen LogP contribution in [0.3, 0.4) is 0 Å². The number of ether oxygens (including phenoxy) is 2. The van der Waals surface area contributed by atoms with Crippen molar-refractivity contribution >= 4 is 36.9 Å². The first-order chi connectivity index (χ1) is 17.6. The molecule has 0 unspecified atom stereocenters. The third-order valence-electron chi connectivity index (χ3n) is 5.02. The summed E-state index contributed by atoms with van der Waals surface area (Å²) in [6, 6.07) is 0. The number of rotatable bonds is 13. The summed E-state index contributed by atoms with van der Waals surface area (Å²) < 4.78 is 40.3. The molecule has 2 rings (SSSR count). The van der Waals surface area contributed by atoms with Crippen LogP contribution in [0.1, 0.15) is 48.0 Å². The highest BCUT2D eigenvalue weighted by molar-refractivity contribution is 7.48. The van der Waals surface area contributed by atoms with Gasteiger partial charge in [-0.25, -0.2) is 18.6 Å². The monoisotopic (exact) mass is 561 g/mol. The molecule has 0 radical (unpaired) electrons. The number of aryl methyl sites for hydroxylation is 1. The van der Waals surface area contributed by atoms with E-state index in [9.17, 15) is 24.1 Å². The predicted molar refractivity (Wildman–Crippen MR) is 134 cm³/mol. The van der Waals surface area contributed by atoms with Crippen molar-refractivity contribution in [3.8, 4) is 0 Å². The van der Waals surface area contributed by atoms with Gasteiger partial charge in [0.05, 0.1) is 23.8 Å². The molecule has 2 heterocycles. The molecule has 1 atom stereocenters. The molecule has 16 heteroatoms. The molecule has 2 aromatic rings. The van der Waals surface area contributed by atoms with Crippen LogP contribution in [0.4, 0.5) is 5.95 Å². The SMILES string of the molecule is CC(C)(C)C(=O)OCOP(=O)(OCOC(=O)C(C)(C)C)OC[C@@H](CO)CCn1cnc2c(=O)[nH]c(N)nc21. The van der Waals surface area contributed by atoms with Crippen LogP contribution in [-0.4, -0.2) is 63.4 Å². The Hall–Kier alpha value is -2.84. The van der Waals surface area contributed by atoms with Gasteiger partial charge in [-0.1, -0.05) is 0 Å². The highest BCUT2D eigenvalue weighted by Gasteiger charge is 2.32. The minimum absolute atomic E-state index is 0.0687. The van der Waals surface area contributed by atoms with Crippen molar-refractivity contribution in [3.63, 3.8) is 0 Å². The van der Waals surface area contributed by atoms with Crippen LogP contribution in [0.2, 0.25) is 0 Å². The largest absolute Gasteiger partial charge is 0.480 e. The third-order valence-corrected chi connectivity index (χ3v) is 6.33. The number of carbonyl (C=O) groups is 2. The second-order valence-electron chi connectivity index (χ2n) is 10.5. The Labute approximate surface area is 219 Å². The molecule has 0 spiro atoms. The van der Waals surface area contributed by atoms with Gasteiger partial charge in [0.2, 0.25) is 19.5 Å². The summed E-state index contributed by atoms with van der Waals surface area (Å²) in [4.78, 5) is 46.4. The number of aliphatic hydroxyl groups excluding tert-OH is 1. The van der Waals surface area contributed by atoms with Crippen LogP contribution in [0.25, 0.3) is 11.2 Å². The van der Waals surface area contributed by atoms with Gasteiger partial charge in [-0.05, 0) is 48.0 Å². The van der Waals surface area contributed by atoms with E-state index in [0.717, 1.165) is 0 Å². The lowest BCUT2D eigenvalue weighted by molar-refractivity contribution is -0.163. The van der Waals surface area contributed by atoms with Gasteiger partial charge in [-0.3, -0.25) is 23.9 Å². The molecule has 0 bridgehead atoms. The van der Waals surface area contributed by atoms with Gasteiger partial charge >= 0.3 is 19.8 Å². The summed E-state index contributed by atoms with van der Waals surface area (Å²) in [5.74, 6) is -1.86. The number of hydrogen-bond acceptors (Lipinski definition) is 13. The summed E-state index contributed by atoms with van der Waals surface area (Å²) in [5.41, 5.74) is 3.83. The minimum atomic E-state index is -4.40. The lowest BCUT2D eigenvalue weighted by atomic mass is 9.98. The molecule has 0 aromatic carbocycles. The van der Waals surface area contributed by atoms with Crippen LogP contribution in [0, 0.1) is 16.7 Å². The van der Waals surface area contributed by atoms with Gasteiger partial charge in [0.25, 0.3) is 5.56 Å². The van der Waals surface area contributed by atoms with E-state index in [4.69, 9.17) is 28.8 Å². The number of nitrogens with zero attached hydrogens (tertiary/aromatic N) is 3. The zero-order chi connectivity index (χ0) is 28.7. The molecule has 0 saturated heterocycles. The maximum Gasteiger partial charge on any atom is 0.480 e. The number of aliphatic hydroxyl groups is 1. The second kappa shape index (κ2) is 12.8. The highest BCUT2D eigenvalue weighted by atomic mass is 31.2. The molecule has 15 nitrogen and oxygen atoms in total. The standard InChI is InChI=1S/C22H36N5O10P/c1-21(2,3)18(30)33-12-36-38(32,37-13-34-19(31)22(4,5)6)35-10-14(9-28)7-8-27-11-24-15-16(27)25-20(23)26-17(15)29/h11,14,28H,7-10,12-13H2,1-6H3,(H3,23,25,26,29)/t14-/m1/s1. The van der Waals surface area contributed by atoms with Gasteiger partial charge in [0.1, 0.15) is 0 Å². The van der Waals surface area contributed by atoms with Crippen LogP contribution >= 0.6 is 7.82 Å². The summed E-state index contributed by atoms with van der Waals surface area (Å²) in [5, 5.41) is 9.82. The summed E-state index contributed by atoms with van der Waals surface area (Å²) in [6.07, 6.45) is 1.69. The average molecular weight is 562 g/mol. The topological polar surface area (TPSA) is 207 Å². The van der Waals surface area contributed by atoms with Gasteiger partial charge in [0.15, 0.2) is 11.2 Å². The molecule has 0 amide bonds. The fourth-order valence-corrected chi connectivity index (χ4v) is 3.69. The minimum Gasteiger partial charge on any atom is -0.437 e. The fraction of sp³-hybridized carbons (Fsp3) is 0.682. The van der Waals surface area contributed by atoms with Gasteiger partial charge in [-0.2, -0.15) is 4.98 Å². The number of phosphoric ester groups is 1. The van der Waals surface area contributed by atoms with Gasteiger partial charge in [-0.15, -0.1) is 0 Å². The number of H-pyrrole nitrogens is 1. The van der Waals surface area contributed by atoms with Crippen LogP contribution in [0.5, 0.6) is 0 Å². The average Bonchev–Trinajstić information content (AvgIpc) is 3.21. The Morgan fingerprint density at radius 2 is 1.63 bits per heavy atom. The highest BCUT2D eigenvalue weighted by Crippen LogP contribution is 2.50. The van der Waals surface area contributed by atoms with Crippen molar-refractivity contribution in [2.75, 3.05) is 32.5 Å². The number of fused-ring (bicyclic) bond motifs is 1. The molecular weight excluding hydrogens is 525 g/mol. The van der Waals surface area contributed by atoms with E-state index in [1.165, 1.54) is 6.33 Å². The lowest BCUT2D eigenvalue weighted by Gasteiger charge is -2.23.